The van der Waals surface area contributed by atoms with E-state index in [1.54, 1.807) is 24.2 Å². The van der Waals surface area contributed by atoms with Crippen LogP contribution in [0.4, 0.5) is 0 Å². The number of hydrogen-bond acceptors (Lipinski definition) is 0. The van der Waals surface area contributed by atoms with Gasteiger partial charge >= 0.3 is 47.7 Å². The van der Waals surface area contributed by atoms with Crippen molar-refractivity contribution in [2.45, 2.75) is 19.8 Å². The minimum absolute atomic E-state index is 0. The monoisotopic (exact) mass is 281 g/mol. The SMILES string of the molecule is CCC[CH]=[Zr+2].[Cl-].[Cl-].c1cc[cH-]c1. The van der Waals surface area contributed by atoms with E-state index in [-0.39, 0.29) is 24.8 Å². The van der Waals surface area contributed by atoms with Crippen LogP contribution >= 0.6 is 0 Å². The van der Waals surface area contributed by atoms with Crippen LogP contribution in [-0.4, -0.2) is 3.71 Å². The van der Waals surface area contributed by atoms with Crippen molar-refractivity contribution in [1.29, 1.82) is 0 Å². The maximum Gasteiger partial charge on any atom is -0.172 e. The van der Waals surface area contributed by atoms with Gasteiger partial charge in [-0.25, -0.2) is 12.1 Å². The Labute approximate surface area is 102 Å². The first-order valence-corrected chi connectivity index (χ1v) is 4.99. The van der Waals surface area contributed by atoms with Gasteiger partial charge in [0, 0.05) is 0 Å². The van der Waals surface area contributed by atoms with Crippen molar-refractivity contribution in [1.82, 2.24) is 0 Å². The molecule has 0 atom stereocenters. The molecule has 0 bridgehead atoms. The fourth-order valence-corrected chi connectivity index (χ4v) is 1.17. The minimum atomic E-state index is 0. The van der Waals surface area contributed by atoms with Crippen LogP contribution < -0.4 is 24.8 Å². The van der Waals surface area contributed by atoms with E-state index in [1.807, 2.05) is 30.3 Å². The maximum atomic E-state index is 2.27. The van der Waals surface area contributed by atoms with Crippen LogP contribution in [0.3, 0.4) is 0 Å². The van der Waals surface area contributed by atoms with Crippen molar-refractivity contribution >= 4 is 3.71 Å². The molecule has 0 unspecified atom stereocenters. The molecular weight excluding hydrogens is 270 g/mol. The second-order valence-electron chi connectivity index (χ2n) is 1.96. The first-order chi connectivity index (χ1) is 4.91. The first-order valence-electron chi connectivity index (χ1n) is 3.57. The first kappa shape index (κ1) is 18.5. The second-order valence-corrected chi connectivity index (χ2v) is 2.96. The zero-order chi connectivity index (χ0) is 7.66. The molecule has 0 nitrogen and oxygen atoms in total. The van der Waals surface area contributed by atoms with Crippen LogP contribution in [0.15, 0.2) is 30.3 Å². The molecule has 0 N–H and O–H groups in total. The summed E-state index contributed by atoms with van der Waals surface area (Å²) < 4.78 is 2.27. The summed E-state index contributed by atoms with van der Waals surface area (Å²) in [5.41, 5.74) is 0. The molecule has 0 saturated carbocycles. The van der Waals surface area contributed by atoms with Gasteiger partial charge in [-0.15, -0.1) is 0 Å². The molecule has 0 aromatic heterocycles. The Morgan fingerprint density at radius 1 is 1.25 bits per heavy atom. The number of hydrogen-bond donors (Lipinski definition) is 0. The molecule has 0 amide bonds. The molecule has 0 spiro atoms. The third kappa shape index (κ3) is 17.0. The average Bonchev–Trinajstić information content (AvgIpc) is 2.44. The van der Waals surface area contributed by atoms with Crippen molar-refractivity contribution in [2.75, 3.05) is 0 Å². The number of unbranched alkanes of at least 4 members (excludes halogenated alkanes) is 1. The van der Waals surface area contributed by atoms with Gasteiger partial charge in [-0.1, -0.05) is 0 Å². The van der Waals surface area contributed by atoms with Crippen molar-refractivity contribution in [3.8, 4) is 0 Å². The van der Waals surface area contributed by atoms with Gasteiger partial charge < -0.3 is 24.8 Å². The van der Waals surface area contributed by atoms with Crippen molar-refractivity contribution < 1.29 is 49.0 Å². The molecule has 68 valence electrons. The Morgan fingerprint density at radius 3 is 1.83 bits per heavy atom. The largest absolute Gasteiger partial charge is 1.00 e. The molecule has 0 fully saturated rings. The third-order valence-corrected chi connectivity index (χ3v) is 1.70. The quantitative estimate of drug-likeness (QED) is 0.495. The van der Waals surface area contributed by atoms with E-state index in [4.69, 9.17) is 0 Å². The molecule has 0 aliphatic heterocycles. The zero-order valence-electron chi connectivity index (χ0n) is 7.13. The standard InChI is InChI=1S/C5H5.C4H8.2ClH.Zr/c1-2-4-5-3-1;1-3-4-2;;;/h1-5H;1H,3-4H2,2H3;2*1H;/q-1;;;;+2/p-2. The van der Waals surface area contributed by atoms with E-state index in [9.17, 15) is 0 Å². The van der Waals surface area contributed by atoms with Crippen LogP contribution in [0.25, 0.3) is 0 Å². The molecule has 1 rings (SSSR count). The topological polar surface area (TPSA) is 0 Å². The fraction of sp³-hybridized carbons (Fsp3) is 0.333. The smallest absolute Gasteiger partial charge is 0.172 e. The summed E-state index contributed by atoms with van der Waals surface area (Å²) in [4.78, 5) is 0. The number of halogens is 2. The Balaban J connectivity index is -0.000000116. The molecule has 0 aliphatic rings. The molecule has 0 radical (unpaired) electrons. The molecule has 0 aliphatic carbocycles. The summed E-state index contributed by atoms with van der Waals surface area (Å²) in [5.74, 6) is 0. The molecule has 12 heavy (non-hydrogen) atoms. The van der Waals surface area contributed by atoms with Gasteiger partial charge in [-0.3, -0.25) is 0 Å². The van der Waals surface area contributed by atoms with Gasteiger partial charge in [-0.05, 0) is 0 Å². The Kier molecular flexibility index (Phi) is 27.2. The average molecular weight is 283 g/mol. The van der Waals surface area contributed by atoms with Crippen LogP contribution in [0.5, 0.6) is 0 Å². The van der Waals surface area contributed by atoms with Gasteiger partial charge in [0.2, 0.25) is 0 Å². The predicted octanol–water partition coefficient (Wildman–Crippen LogP) is -3.45. The summed E-state index contributed by atoms with van der Waals surface area (Å²) in [5, 5.41) is 0. The van der Waals surface area contributed by atoms with E-state index in [1.165, 1.54) is 12.8 Å². The van der Waals surface area contributed by atoms with E-state index in [2.05, 4.69) is 10.6 Å². The summed E-state index contributed by atoms with van der Waals surface area (Å²) in [6.07, 6.45) is 2.61. The van der Waals surface area contributed by atoms with E-state index < -0.39 is 0 Å². The zero-order valence-corrected chi connectivity index (χ0v) is 11.1. The van der Waals surface area contributed by atoms with Gasteiger partial charge in [0.15, 0.2) is 0 Å². The molecule has 0 heterocycles. The Hall–Kier alpha value is 0.683. The van der Waals surface area contributed by atoms with E-state index >= 15 is 0 Å². The van der Waals surface area contributed by atoms with Crippen LogP contribution in [-0.2, 0) is 24.2 Å². The Bertz CT molecular complexity index is 121. The van der Waals surface area contributed by atoms with Crippen molar-refractivity contribution in [2.24, 2.45) is 0 Å². The third-order valence-electron chi connectivity index (χ3n) is 0.989. The summed E-state index contributed by atoms with van der Waals surface area (Å²) in [7, 11) is 0. The Morgan fingerprint density at radius 2 is 1.75 bits per heavy atom. The fourth-order valence-electron chi connectivity index (χ4n) is 0.465. The van der Waals surface area contributed by atoms with Gasteiger partial charge in [-0.2, -0.15) is 18.2 Å². The molecule has 3 heteroatoms. The summed E-state index contributed by atoms with van der Waals surface area (Å²) >= 11 is 1.56. The minimum Gasteiger partial charge on any atom is -1.00 e. The van der Waals surface area contributed by atoms with Crippen LogP contribution in [0.1, 0.15) is 19.8 Å². The second kappa shape index (κ2) is 17.7. The van der Waals surface area contributed by atoms with Crippen molar-refractivity contribution in [3.63, 3.8) is 0 Å². The summed E-state index contributed by atoms with van der Waals surface area (Å²) in [6, 6.07) is 10.0. The van der Waals surface area contributed by atoms with Gasteiger partial charge in [0.05, 0.1) is 0 Å². The van der Waals surface area contributed by atoms with Crippen LogP contribution in [0.2, 0.25) is 0 Å². The number of rotatable bonds is 2. The van der Waals surface area contributed by atoms with E-state index in [0.717, 1.165) is 0 Å². The molecular formula is C9H13Cl2Zr-. The van der Waals surface area contributed by atoms with E-state index in [0.29, 0.717) is 0 Å². The van der Waals surface area contributed by atoms with Gasteiger partial charge in [0.25, 0.3) is 0 Å². The predicted molar refractivity (Wildman–Crippen MR) is 43.0 cm³/mol. The van der Waals surface area contributed by atoms with Crippen molar-refractivity contribution in [3.05, 3.63) is 30.3 Å². The molecule has 1 aromatic rings. The normalized spacial score (nSPS) is 6.58. The summed E-state index contributed by atoms with van der Waals surface area (Å²) in [6.45, 7) is 2.19. The molecule has 0 saturated heterocycles. The van der Waals surface area contributed by atoms with Crippen LogP contribution in [0, 0.1) is 0 Å². The van der Waals surface area contributed by atoms with Gasteiger partial charge in [0.1, 0.15) is 0 Å². The molecule has 1 aromatic carbocycles. The maximum absolute atomic E-state index is 2.27.